The maximum Gasteiger partial charge on any atom is 0.277 e. The molecule has 0 aromatic carbocycles. The summed E-state index contributed by atoms with van der Waals surface area (Å²) in [5, 5.41) is -0.0844. The van der Waals surface area contributed by atoms with Gasteiger partial charge in [0.2, 0.25) is 5.09 Å². The highest BCUT2D eigenvalue weighted by molar-refractivity contribution is 7.89. The van der Waals surface area contributed by atoms with E-state index >= 15 is 0 Å². The molecule has 1 heterocycles. The Morgan fingerprint density at radius 1 is 1.50 bits per heavy atom. The molecule has 0 unspecified atom stereocenters. The van der Waals surface area contributed by atoms with Crippen LogP contribution in [0.1, 0.15) is 18.6 Å². The normalized spacial score (nSPS) is 15.8. The summed E-state index contributed by atoms with van der Waals surface area (Å²) >= 11 is 0. The molecule has 0 radical (unpaired) electrons. The van der Waals surface area contributed by atoms with E-state index in [0.29, 0.717) is 18.2 Å². The molecule has 6 heteroatoms. The lowest BCUT2D eigenvalue weighted by Crippen LogP contribution is -2.33. The van der Waals surface area contributed by atoms with Gasteiger partial charge in [-0.3, -0.25) is 0 Å². The van der Waals surface area contributed by atoms with Gasteiger partial charge in [0, 0.05) is 6.54 Å². The summed E-state index contributed by atoms with van der Waals surface area (Å²) in [4.78, 5) is 0. The van der Waals surface area contributed by atoms with Crippen molar-refractivity contribution in [1.29, 1.82) is 0 Å². The van der Waals surface area contributed by atoms with Gasteiger partial charge in [-0.2, -0.15) is 4.31 Å². The summed E-state index contributed by atoms with van der Waals surface area (Å²) in [7, 11) is -3.64. The Morgan fingerprint density at radius 2 is 2.22 bits per heavy atom. The maximum absolute atomic E-state index is 12.3. The van der Waals surface area contributed by atoms with E-state index in [0.717, 1.165) is 12.8 Å². The van der Waals surface area contributed by atoms with E-state index in [9.17, 15) is 8.42 Å². The van der Waals surface area contributed by atoms with Crippen LogP contribution in [0.3, 0.4) is 0 Å². The number of sulfonamides is 1. The minimum Gasteiger partial charge on any atom is -0.447 e. The summed E-state index contributed by atoms with van der Waals surface area (Å²) in [6.45, 7) is 0.704. The fraction of sp³-hybridized carbons (Fsp3) is 0.500. The molecule has 1 aromatic rings. The van der Waals surface area contributed by atoms with Crippen molar-refractivity contribution in [3.05, 3.63) is 17.9 Å². The van der Waals surface area contributed by atoms with Crippen LogP contribution in [0.5, 0.6) is 0 Å². The van der Waals surface area contributed by atoms with Crippen LogP contribution < -0.4 is 5.73 Å². The molecular weight excluding hydrogens is 252 g/mol. The lowest BCUT2D eigenvalue weighted by molar-refractivity contribution is 0.376. The van der Waals surface area contributed by atoms with Crippen molar-refractivity contribution in [3.8, 4) is 12.3 Å². The summed E-state index contributed by atoms with van der Waals surface area (Å²) in [5.74, 6) is 3.25. The van der Waals surface area contributed by atoms with Crippen molar-refractivity contribution < 1.29 is 12.8 Å². The largest absolute Gasteiger partial charge is 0.447 e. The van der Waals surface area contributed by atoms with E-state index in [-0.39, 0.29) is 18.2 Å². The molecule has 1 saturated carbocycles. The first-order valence-corrected chi connectivity index (χ1v) is 7.24. The molecule has 1 aliphatic rings. The maximum atomic E-state index is 12.3. The Labute approximate surface area is 107 Å². The van der Waals surface area contributed by atoms with Crippen molar-refractivity contribution in [2.75, 3.05) is 13.1 Å². The quantitative estimate of drug-likeness (QED) is 0.773. The Bertz CT molecular complexity index is 552. The minimum absolute atomic E-state index is 0.0670. The Morgan fingerprint density at radius 3 is 2.72 bits per heavy atom. The number of furan rings is 1. The standard InChI is InChI=1S/C12H16N2O3S/c1-2-7-14(9-10-3-4-10)18(15,16)12-6-5-11(8-13)17-12/h1,5-6,10H,3-4,7-9,13H2. The van der Waals surface area contributed by atoms with Gasteiger partial charge in [-0.15, -0.1) is 6.42 Å². The van der Waals surface area contributed by atoms with Crippen molar-refractivity contribution in [1.82, 2.24) is 4.31 Å². The Hall–Kier alpha value is -1.29. The van der Waals surface area contributed by atoms with Gasteiger partial charge in [0.15, 0.2) is 0 Å². The van der Waals surface area contributed by atoms with Crippen LogP contribution in [0.15, 0.2) is 21.6 Å². The van der Waals surface area contributed by atoms with Crippen LogP contribution in [0.2, 0.25) is 0 Å². The highest BCUT2D eigenvalue weighted by atomic mass is 32.2. The van der Waals surface area contributed by atoms with Gasteiger partial charge in [-0.05, 0) is 30.9 Å². The predicted molar refractivity (Wildman–Crippen MR) is 66.9 cm³/mol. The molecule has 1 fully saturated rings. The van der Waals surface area contributed by atoms with Gasteiger partial charge in [0.1, 0.15) is 5.76 Å². The van der Waals surface area contributed by atoms with E-state index < -0.39 is 10.0 Å². The van der Waals surface area contributed by atoms with Crippen LogP contribution in [0.25, 0.3) is 0 Å². The molecule has 0 atom stereocenters. The molecule has 98 valence electrons. The lowest BCUT2D eigenvalue weighted by Gasteiger charge is -2.17. The molecule has 0 amide bonds. The summed E-state index contributed by atoms with van der Waals surface area (Å²) in [6.07, 6.45) is 7.34. The van der Waals surface area contributed by atoms with Crippen LogP contribution >= 0.6 is 0 Å². The predicted octanol–water partition coefficient (Wildman–Crippen LogP) is 0.772. The highest BCUT2D eigenvalue weighted by Crippen LogP contribution is 2.31. The molecule has 0 saturated heterocycles. The first-order chi connectivity index (χ1) is 8.57. The van der Waals surface area contributed by atoms with Gasteiger partial charge >= 0.3 is 0 Å². The summed E-state index contributed by atoms with van der Waals surface area (Å²) in [5.41, 5.74) is 5.40. The summed E-state index contributed by atoms with van der Waals surface area (Å²) in [6, 6.07) is 2.99. The number of terminal acetylenes is 1. The van der Waals surface area contributed by atoms with E-state index in [1.54, 1.807) is 6.07 Å². The zero-order valence-corrected chi connectivity index (χ0v) is 10.8. The first-order valence-electron chi connectivity index (χ1n) is 5.80. The molecule has 1 aliphatic carbocycles. The second kappa shape index (κ2) is 5.14. The molecule has 0 bridgehead atoms. The number of hydrogen-bond donors (Lipinski definition) is 1. The van der Waals surface area contributed by atoms with Gasteiger partial charge in [-0.25, -0.2) is 8.42 Å². The third kappa shape index (κ3) is 2.75. The molecule has 18 heavy (non-hydrogen) atoms. The van der Waals surface area contributed by atoms with Gasteiger partial charge in [0.25, 0.3) is 10.0 Å². The Kier molecular flexibility index (Phi) is 3.76. The summed E-state index contributed by atoms with van der Waals surface area (Å²) < 4.78 is 31.1. The fourth-order valence-electron chi connectivity index (χ4n) is 1.67. The number of hydrogen-bond acceptors (Lipinski definition) is 4. The molecular formula is C12H16N2O3S. The van der Waals surface area contributed by atoms with E-state index in [1.807, 2.05) is 0 Å². The Balaban J connectivity index is 2.22. The third-order valence-corrected chi connectivity index (χ3v) is 4.54. The topological polar surface area (TPSA) is 76.5 Å². The first kappa shape index (κ1) is 13.1. The van der Waals surface area contributed by atoms with Crippen LogP contribution in [0, 0.1) is 18.3 Å². The molecule has 5 nitrogen and oxygen atoms in total. The van der Waals surface area contributed by atoms with Crippen molar-refractivity contribution >= 4 is 10.0 Å². The van der Waals surface area contributed by atoms with Gasteiger partial charge in [0.05, 0.1) is 13.1 Å². The SMILES string of the molecule is C#CCN(CC1CC1)S(=O)(=O)c1ccc(CN)o1. The third-order valence-electron chi connectivity index (χ3n) is 2.86. The second-order valence-corrected chi connectivity index (χ2v) is 6.24. The van der Waals surface area contributed by atoms with Crippen molar-refractivity contribution in [2.45, 2.75) is 24.5 Å². The minimum atomic E-state index is -3.64. The fourth-order valence-corrected chi connectivity index (χ4v) is 3.03. The number of rotatable bonds is 6. The average Bonchev–Trinajstić information content (AvgIpc) is 3.02. The van der Waals surface area contributed by atoms with Crippen LogP contribution in [-0.4, -0.2) is 25.8 Å². The molecule has 2 N–H and O–H groups in total. The van der Waals surface area contributed by atoms with Gasteiger partial charge in [-0.1, -0.05) is 5.92 Å². The smallest absolute Gasteiger partial charge is 0.277 e. The lowest BCUT2D eigenvalue weighted by atomic mass is 10.4. The zero-order valence-electron chi connectivity index (χ0n) is 10.0. The zero-order chi connectivity index (χ0) is 13.2. The molecule has 0 aliphatic heterocycles. The molecule has 1 aromatic heterocycles. The molecule has 0 spiro atoms. The number of nitrogens with zero attached hydrogens (tertiary/aromatic N) is 1. The average molecular weight is 268 g/mol. The van der Waals surface area contributed by atoms with Crippen LogP contribution in [0.4, 0.5) is 0 Å². The number of nitrogens with two attached hydrogens (primary N) is 1. The van der Waals surface area contributed by atoms with Crippen LogP contribution in [-0.2, 0) is 16.6 Å². The highest BCUT2D eigenvalue weighted by Gasteiger charge is 2.32. The van der Waals surface area contributed by atoms with Gasteiger partial charge < -0.3 is 10.2 Å². The monoisotopic (exact) mass is 268 g/mol. The van der Waals surface area contributed by atoms with E-state index in [1.165, 1.54) is 10.4 Å². The van der Waals surface area contributed by atoms with Crippen molar-refractivity contribution in [3.63, 3.8) is 0 Å². The molecule has 2 rings (SSSR count). The van der Waals surface area contributed by atoms with Crippen molar-refractivity contribution in [2.24, 2.45) is 11.7 Å². The second-order valence-electron chi connectivity index (χ2n) is 4.37. The van der Waals surface area contributed by atoms with E-state index in [2.05, 4.69) is 5.92 Å². The van der Waals surface area contributed by atoms with E-state index in [4.69, 9.17) is 16.6 Å².